The van der Waals surface area contributed by atoms with Gasteiger partial charge in [-0.25, -0.2) is 0 Å². The molecule has 25 heavy (non-hydrogen) atoms. The van der Waals surface area contributed by atoms with Gasteiger partial charge in [0.05, 0.1) is 23.4 Å². The minimum absolute atomic E-state index is 0.0796. The third kappa shape index (κ3) is 4.10. The monoisotopic (exact) mass is 341 g/mol. The lowest BCUT2D eigenvalue weighted by atomic mass is 10.0. The Morgan fingerprint density at radius 3 is 2.76 bits per heavy atom. The Kier molecular flexibility index (Phi) is 5.53. The molecule has 1 saturated carbocycles. The first-order chi connectivity index (χ1) is 12.1. The van der Waals surface area contributed by atoms with Crippen molar-refractivity contribution in [1.29, 1.82) is 0 Å². The number of amides is 1. The number of aliphatic hydroxyl groups excluding tert-OH is 1. The molecule has 134 valence electrons. The Hall–Kier alpha value is -2.14. The summed E-state index contributed by atoms with van der Waals surface area (Å²) < 4.78 is 1.91. The molecule has 1 aromatic carbocycles. The van der Waals surface area contributed by atoms with Crippen LogP contribution in [0.5, 0.6) is 0 Å². The van der Waals surface area contributed by atoms with Gasteiger partial charge < -0.3 is 10.0 Å². The van der Waals surface area contributed by atoms with E-state index >= 15 is 0 Å². The Balaban J connectivity index is 1.53. The normalized spacial score (nSPS) is 20.0. The lowest BCUT2D eigenvalue weighted by Gasteiger charge is -2.22. The van der Waals surface area contributed by atoms with Crippen LogP contribution in [0.3, 0.4) is 0 Å². The van der Waals surface area contributed by atoms with E-state index in [2.05, 4.69) is 23.3 Å². The number of rotatable bonds is 6. The highest BCUT2D eigenvalue weighted by Gasteiger charge is 2.33. The Labute approximate surface area is 149 Å². The maximum atomic E-state index is 12.4. The van der Waals surface area contributed by atoms with Crippen molar-refractivity contribution in [2.45, 2.75) is 38.2 Å². The molecule has 2 aromatic rings. The van der Waals surface area contributed by atoms with E-state index in [4.69, 9.17) is 0 Å². The van der Waals surface area contributed by atoms with Crippen LogP contribution in [-0.4, -0.2) is 45.4 Å². The molecular weight excluding hydrogens is 314 g/mol. The van der Waals surface area contributed by atoms with Crippen LogP contribution in [0.4, 0.5) is 0 Å². The van der Waals surface area contributed by atoms with Gasteiger partial charge in [0.15, 0.2) is 0 Å². The third-order valence-corrected chi connectivity index (χ3v) is 5.10. The van der Waals surface area contributed by atoms with Gasteiger partial charge in [0.25, 0.3) is 0 Å². The molecule has 0 bridgehead atoms. The number of aryl methyl sites for hydroxylation is 2. The number of aromatic nitrogens is 2. The first-order valence-electron chi connectivity index (χ1n) is 9.07. The maximum Gasteiger partial charge on any atom is 0.228 e. The van der Waals surface area contributed by atoms with Crippen molar-refractivity contribution in [1.82, 2.24) is 14.7 Å². The number of hydrogen-bond donors (Lipinski definition) is 1. The maximum absolute atomic E-state index is 12.4. The molecule has 2 unspecified atom stereocenters. The fraction of sp³-hybridized carbons (Fsp3) is 0.500. The zero-order valence-electron chi connectivity index (χ0n) is 15.1. The first-order valence-corrected chi connectivity index (χ1v) is 9.07. The number of carbonyl (C=O) groups is 1. The van der Waals surface area contributed by atoms with Gasteiger partial charge in [0.2, 0.25) is 5.91 Å². The molecule has 0 saturated heterocycles. The molecule has 1 amide bonds. The SMILES string of the molecule is CN(CCCc1cc(-c2ccccc2)n(C)n1)C(=O)C1CCCC1O. The lowest BCUT2D eigenvalue weighted by molar-refractivity contribution is -0.136. The van der Waals surface area contributed by atoms with Gasteiger partial charge >= 0.3 is 0 Å². The van der Waals surface area contributed by atoms with Crippen molar-refractivity contribution < 1.29 is 9.90 Å². The second kappa shape index (κ2) is 7.83. The van der Waals surface area contributed by atoms with E-state index in [1.165, 1.54) is 0 Å². The number of aliphatic hydroxyl groups is 1. The molecule has 1 aromatic heterocycles. The van der Waals surface area contributed by atoms with Crippen LogP contribution in [0.2, 0.25) is 0 Å². The van der Waals surface area contributed by atoms with Crippen molar-refractivity contribution in [3.63, 3.8) is 0 Å². The largest absolute Gasteiger partial charge is 0.392 e. The highest BCUT2D eigenvalue weighted by Crippen LogP contribution is 2.27. The van der Waals surface area contributed by atoms with Gasteiger partial charge in [-0.15, -0.1) is 0 Å². The molecule has 1 aliphatic rings. The molecule has 1 aliphatic carbocycles. The molecule has 0 aliphatic heterocycles. The van der Waals surface area contributed by atoms with E-state index in [0.29, 0.717) is 6.54 Å². The summed E-state index contributed by atoms with van der Waals surface area (Å²) in [6.45, 7) is 0.694. The topological polar surface area (TPSA) is 58.4 Å². The van der Waals surface area contributed by atoms with E-state index in [-0.39, 0.29) is 11.8 Å². The van der Waals surface area contributed by atoms with Crippen LogP contribution < -0.4 is 0 Å². The first kappa shape index (κ1) is 17.7. The van der Waals surface area contributed by atoms with E-state index in [1.54, 1.807) is 4.90 Å². The Morgan fingerprint density at radius 2 is 2.08 bits per heavy atom. The van der Waals surface area contributed by atoms with Crippen LogP contribution in [0.1, 0.15) is 31.4 Å². The van der Waals surface area contributed by atoms with E-state index in [1.807, 2.05) is 37.0 Å². The Bertz CT molecular complexity index is 711. The standard InChI is InChI=1S/C20H27N3O2/c1-22(20(25)17-11-6-12-19(17)24)13-7-10-16-14-18(23(2)21-16)15-8-4-3-5-9-15/h3-5,8-9,14,17,19,24H,6-7,10-13H2,1-2H3. The molecule has 1 N–H and O–H groups in total. The second-order valence-corrected chi connectivity index (χ2v) is 6.98. The van der Waals surface area contributed by atoms with E-state index in [9.17, 15) is 9.90 Å². The summed E-state index contributed by atoms with van der Waals surface area (Å²) in [5.74, 6) is -0.125. The molecule has 1 fully saturated rings. The molecule has 2 atom stereocenters. The summed E-state index contributed by atoms with van der Waals surface area (Å²) in [6.07, 6.45) is 3.76. The number of carbonyl (C=O) groups excluding carboxylic acids is 1. The highest BCUT2D eigenvalue weighted by atomic mass is 16.3. The molecular formula is C20H27N3O2. The van der Waals surface area contributed by atoms with Gasteiger partial charge in [-0.05, 0) is 43.7 Å². The van der Waals surface area contributed by atoms with E-state index < -0.39 is 6.10 Å². The summed E-state index contributed by atoms with van der Waals surface area (Å²) in [7, 11) is 3.80. The molecule has 5 heteroatoms. The average molecular weight is 341 g/mol. The average Bonchev–Trinajstić information content (AvgIpc) is 3.20. The predicted molar refractivity (Wildman–Crippen MR) is 97.9 cm³/mol. The van der Waals surface area contributed by atoms with Crippen LogP contribution in [-0.2, 0) is 18.3 Å². The Morgan fingerprint density at radius 1 is 1.32 bits per heavy atom. The molecule has 3 rings (SSSR count). The summed E-state index contributed by atoms with van der Waals surface area (Å²) in [5, 5.41) is 14.5. The minimum atomic E-state index is -0.459. The summed E-state index contributed by atoms with van der Waals surface area (Å²) in [4.78, 5) is 14.2. The number of benzene rings is 1. The zero-order chi connectivity index (χ0) is 17.8. The molecule has 1 heterocycles. The smallest absolute Gasteiger partial charge is 0.228 e. The van der Waals surface area contributed by atoms with Crippen LogP contribution in [0.25, 0.3) is 11.3 Å². The second-order valence-electron chi connectivity index (χ2n) is 6.98. The summed E-state index contributed by atoms with van der Waals surface area (Å²) in [5.41, 5.74) is 3.31. The van der Waals surface area contributed by atoms with Crippen molar-refractivity contribution in [3.8, 4) is 11.3 Å². The van der Waals surface area contributed by atoms with Crippen LogP contribution in [0.15, 0.2) is 36.4 Å². The molecule has 5 nitrogen and oxygen atoms in total. The summed E-state index contributed by atoms with van der Waals surface area (Å²) >= 11 is 0. The quantitative estimate of drug-likeness (QED) is 0.879. The van der Waals surface area contributed by atoms with Crippen molar-refractivity contribution in [2.24, 2.45) is 13.0 Å². The van der Waals surface area contributed by atoms with Crippen molar-refractivity contribution in [2.75, 3.05) is 13.6 Å². The van der Waals surface area contributed by atoms with Crippen LogP contribution in [0, 0.1) is 5.92 Å². The minimum Gasteiger partial charge on any atom is -0.392 e. The predicted octanol–water partition coefficient (Wildman–Crippen LogP) is 2.64. The van der Waals surface area contributed by atoms with Crippen molar-refractivity contribution in [3.05, 3.63) is 42.1 Å². The van der Waals surface area contributed by atoms with Crippen LogP contribution >= 0.6 is 0 Å². The number of hydrogen-bond acceptors (Lipinski definition) is 3. The highest BCUT2D eigenvalue weighted by molar-refractivity contribution is 5.79. The molecule has 0 spiro atoms. The number of nitrogens with zero attached hydrogens (tertiary/aromatic N) is 3. The van der Waals surface area contributed by atoms with Gasteiger partial charge in [-0.1, -0.05) is 30.3 Å². The fourth-order valence-corrected chi connectivity index (χ4v) is 3.65. The van der Waals surface area contributed by atoms with Gasteiger partial charge in [-0.3, -0.25) is 9.48 Å². The van der Waals surface area contributed by atoms with Gasteiger partial charge in [0, 0.05) is 20.6 Å². The van der Waals surface area contributed by atoms with Gasteiger partial charge in [-0.2, -0.15) is 5.10 Å². The zero-order valence-corrected chi connectivity index (χ0v) is 15.1. The van der Waals surface area contributed by atoms with E-state index in [0.717, 1.165) is 49.1 Å². The lowest BCUT2D eigenvalue weighted by Crippen LogP contribution is -2.37. The fourth-order valence-electron chi connectivity index (χ4n) is 3.65. The molecule has 0 radical (unpaired) electrons. The third-order valence-electron chi connectivity index (χ3n) is 5.10. The summed E-state index contributed by atoms with van der Waals surface area (Å²) in [6, 6.07) is 12.4. The van der Waals surface area contributed by atoms with Crippen molar-refractivity contribution >= 4 is 5.91 Å². The van der Waals surface area contributed by atoms with Gasteiger partial charge in [0.1, 0.15) is 0 Å².